The van der Waals surface area contributed by atoms with Gasteiger partial charge in [-0.25, -0.2) is 9.59 Å². The Labute approximate surface area is 184 Å². The van der Waals surface area contributed by atoms with Crippen molar-refractivity contribution in [3.63, 3.8) is 0 Å². The van der Waals surface area contributed by atoms with Gasteiger partial charge in [-0.3, -0.25) is 9.59 Å². The van der Waals surface area contributed by atoms with Gasteiger partial charge in [0, 0.05) is 25.6 Å². The molecule has 2 aliphatic heterocycles. The Kier molecular flexibility index (Phi) is 8.31. The SMILES string of the molecule is CCC(C)C(NC(=O)OC(C)(C)C)C(=O)N1CCC(C(=O)N2CCCC2C(=O)O)CC1. The molecule has 9 heteroatoms. The summed E-state index contributed by atoms with van der Waals surface area (Å²) in [6.45, 7) is 10.5. The number of carbonyl (C=O) groups excluding carboxylic acids is 3. The molecule has 0 aromatic heterocycles. The van der Waals surface area contributed by atoms with Gasteiger partial charge in [-0.05, 0) is 52.4 Å². The number of carboxylic acids is 1. The zero-order valence-electron chi connectivity index (χ0n) is 19.3. The molecule has 176 valence electrons. The fraction of sp³-hybridized carbons (Fsp3) is 0.818. The van der Waals surface area contributed by atoms with Crippen molar-refractivity contribution in [1.29, 1.82) is 0 Å². The number of amides is 3. The van der Waals surface area contributed by atoms with Crippen molar-refractivity contribution in [1.82, 2.24) is 15.1 Å². The number of hydrogen-bond acceptors (Lipinski definition) is 5. The maximum absolute atomic E-state index is 13.2. The van der Waals surface area contributed by atoms with E-state index in [4.69, 9.17) is 4.74 Å². The van der Waals surface area contributed by atoms with Crippen molar-refractivity contribution in [2.75, 3.05) is 19.6 Å². The Morgan fingerprint density at radius 1 is 1.10 bits per heavy atom. The molecule has 0 radical (unpaired) electrons. The van der Waals surface area contributed by atoms with Crippen LogP contribution in [0.15, 0.2) is 0 Å². The van der Waals surface area contributed by atoms with Gasteiger partial charge in [0.15, 0.2) is 0 Å². The zero-order valence-corrected chi connectivity index (χ0v) is 19.3. The summed E-state index contributed by atoms with van der Waals surface area (Å²) in [6.07, 6.45) is 2.27. The quantitative estimate of drug-likeness (QED) is 0.656. The van der Waals surface area contributed by atoms with Crippen LogP contribution < -0.4 is 5.32 Å². The molecule has 31 heavy (non-hydrogen) atoms. The highest BCUT2D eigenvalue weighted by molar-refractivity contribution is 5.87. The molecule has 2 aliphatic rings. The van der Waals surface area contributed by atoms with E-state index in [-0.39, 0.29) is 23.7 Å². The second-order valence-electron chi connectivity index (χ2n) is 9.64. The van der Waals surface area contributed by atoms with Crippen LogP contribution >= 0.6 is 0 Å². The van der Waals surface area contributed by atoms with E-state index in [0.717, 1.165) is 0 Å². The highest BCUT2D eigenvalue weighted by atomic mass is 16.6. The number of rotatable bonds is 6. The minimum Gasteiger partial charge on any atom is -0.480 e. The number of alkyl carbamates (subject to hydrolysis) is 1. The molecule has 0 spiro atoms. The number of aliphatic carboxylic acids is 1. The topological polar surface area (TPSA) is 116 Å². The number of ether oxygens (including phenoxy) is 1. The van der Waals surface area contributed by atoms with E-state index in [1.165, 1.54) is 4.90 Å². The fourth-order valence-electron chi connectivity index (χ4n) is 4.18. The van der Waals surface area contributed by atoms with Gasteiger partial charge in [-0.1, -0.05) is 20.3 Å². The highest BCUT2D eigenvalue weighted by Gasteiger charge is 2.39. The molecule has 2 heterocycles. The van der Waals surface area contributed by atoms with Crippen molar-refractivity contribution in [2.24, 2.45) is 11.8 Å². The van der Waals surface area contributed by atoms with Crippen LogP contribution in [0.1, 0.15) is 66.7 Å². The van der Waals surface area contributed by atoms with Gasteiger partial charge in [0.1, 0.15) is 17.7 Å². The Morgan fingerprint density at radius 3 is 2.23 bits per heavy atom. The number of carbonyl (C=O) groups is 4. The van der Waals surface area contributed by atoms with E-state index in [9.17, 15) is 24.3 Å². The molecule has 3 unspecified atom stereocenters. The van der Waals surface area contributed by atoms with Crippen LogP contribution in [-0.4, -0.2) is 76.1 Å². The summed E-state index contributed by atoms with van der Waals surface area (Å²) in [5, 5.41) is 12.1. The lowest BCUT2D eigenvalue weighted by molar-refractivity contribution is -0.151. The first-order valence-electron chi connectivity index (χ1n) is 11.3. The minimum atomic E-state index is -0.955. The first-order chi connectivity index (χ1) is 14.4. The number of hydrogen-bond donors (Lipinski definition) is 2. The second-order valence-corrected chi connectivity index (χ2v) is 9.64. The van der Waals surface area contributed by atoms with Crippen LogP contribution in [0.5, 0.6) is 0 Å². The smallest absolute Gasteiger partial charge is 0.408 e. The lowest BCUT2D eigenvalue weighted by Crippen LogP contribution is -2.55. The number of carboxylic acid groups (broad SMARTS) is 1. The molecule has 0 bridgehead atoms. The molecule has 0 aliphatic carbocycles. The molecular weight excluding hydrogens is 402 g/mol. The van der Waals surface area contributed by atoms with E-state index in [2.05, 4.69) is 5.32 Å². The van der Waals surface area contributed by atoms with Crippen molar-refractivity contribution in [3.05, 3.63) is 0 Å². The maximum Gasteiger partial charge on any atom is 0.408 e. The van der Waals surface area contributed by atoms with E-state index in [0.29, 0.717) is 51.7 Å². The Bertz CT molecular complexity index is 681. The first kappa shape index (κ1) is 24.9. The molecular formula is C22H37N3O6. The second kappa shape index (κ2) is 10.3. The van der Waals surface area contributed by atoms with Gasteiger partial charge in [0.25, 0.3) is 0 Å². The molecule has 0 aromatic rings. The van der Waals surface area contributed by atoms with Crippen LogP contribution in [0, 0.1) is 11.8 Å². The molecule has 2 rings (SSSR count). The van der Waals surface area contributed by atoms with Gasteiger partial charge < -0.3 is 25.0 Å². The van der Waals surface area contributed by atoms with E-state index in [1.807, 2.05) is 13.8 Å². The summed E-state index contributed by atoms with van der Waals surface area (Å²) >= 11 is 0. The average molecular weight is 440 g/mol. The normalized spacial score (nSPS) is 22.0. The third-order valence-electron chi connectivity index (χ3n) is 6.13. The summed E-state index contributed by atoms with van der Waals surface area (Å²) in [5.74, 6) is -1.59. The minimum absolute atomic E-state index is 0.0692. The Morgan fingerprint density at radius 2 is 1.71 bits per heavy atom. The predicted molar refractivity (Wildman–Crippen MR) is 114 cm³/mol. The maximum atomic E-state index is 13.2. The molecule has 3 amide bonds. The number of piperidine rings is 1. The van der Waals surface area contributed by atoms with E-state index < -0.39 is 29.7 Å². The van der Waals surface area contributed by atoms with Crippen LogP contribution in [-0.2, 0) is 19.1 Å². The first-order valence-corrected chi connectivity index (χ1v) is 11.3. The van der Waals surface area contributed by atoms with E-state index >= 15 is 0 Å². The van der Waals surface area contributed by atoms with Crippen LogP contribution in [0.2, 0.25) is 0 Å². The van der Waals surface area contributed by atoms with Gasteiger partial charge in [0.05, 0.1) is 0 Å². The predicted octanol–water partition coefficient (Wildman–Crippen LogP) is 2.24. The molecule has 3 atom stereocenters. The van der Waals surface area contributed by atoms with Crippen molar-refractivity contribution >= 4 is 23.9 Å². The van der Waals surface area contributed by atoms with Crippen molar-refractivity contribution in [2.45, 2.75) is 84.4 Å². The average Bonchev–Trinajstić information content (AvgIpc) is 3.19. The van der Waals surface area contributed by atoms with Crippen LogP contribution in [0.4, 0.5) is 4.79 Å². The molecule has 9 nitrogen and oxygen atoms in total. The highest BCUT2D eigenvalue weighted by Crippen LogP contribution is 2.26. The third-order valence-corrected chi connectivity index (χ3v) is 6.13. The fourth-order valence-corrected chi connectivity index (χ4v) is 4.18. The largest absolute Gasteiger partial charge is 0.480 e. The Hall–Kier alpha value is -2.32. The zero-order chi connectivity index (χ0) is 23.3. The lowest BCUT2D eigenvalue weighted by Gasteiger charge is -2.37. The van der Waals surface area contributed by atoms with E-state index in [1.54, 1.807) is 25.7 Å². The van der Waals surface area contributed by atoms with Gasteiger partial charge in [-0.15, -0.1) is 0 Å². The van der Waals surface area contributed by atoms with Gasteiger partial charge in [0.2, 0.25) is 11.8 Å². The molecule has 2 fully saturated rings. The summed E-state index contributed by atoms with van der Waals surface area (Å²) in [7, 11) is 0. The Balaban J connectivity index is 1.97. The number of likely N-dealkylation sites (tertiary alicyclic amines) is 2. The van der Waals surface area contributed by atoms with Crippen molar-refractivity contribution in [3.8, 4) is 0 Å². The monoisotopic (exact) mass is 439 g/mol. The van der Waals surface area contributed by atoms with Crippen molar-refractivity contribution < 1.29 is 29.0 Å². The molecule has 0 saturated carbocycles. The van der Waals surface area contributed by atoms with Gasteiger partial charge >= 0.3 is 12.1 Å². The van der Waals surface area contributed by atoms with Crippen LogP contribution in [0.25, 0.3) is 0 Å². The summed E-state index contributed by atoms with van der Waals surface area (Å²) in [5.41, 5.74) is -0.658. The lowest BCUT2D eigenvalue weighted by atomic mass is 9.92. The molecule has 2 N–H and O–H groups in total. The number of nitrogens with one attached hydrogen (secondary N) is 1. The summed E-state index contributed by atoms with van der Waals surface area (Å²) < 4.78 is 5.32. The standard InChI is InChI=1S/C22H37N3O6/c1-6-14(2)17(23-21(30)31-22(3,4)5)19(27)24-12-9-15(10-13-24)18(26)25-11-7-8-16(25)20(28)29/h14-17H,6-13H2,1-5H3,(H,23,30)(H,28,29). The third kappa shape index (κ3) is 6.58. The molecule has 2 saturated heterocycles. The van der Waals surface area contributed by atoms with Crippen LogP contribution in [0.3, 0.4) is 0 Å². The van der Waals surface area contributed by atoms with Gasteiger partial charge in [-0.2, -0.15) is 0 Å². The summed E-state index contributed by atoms with van der Waals surface area (Å²) in [4.78, 5) is 52.8. The summed E-state index contributed by atoms with van der Waals surface area (Å²) in [6, 6.07) is -1.43. The molecule has 0 aromatic carbocycles. The number of nitrogens with zero attached hydrogens (tertiary/aromatic N) is 2.